The van der Waals surface area contributed by atoms with Gasteiger partial charge in [-0.2, -0.15) is 0 Å². The monoisotopic (exact) mass is 353 g/mol. The summed E-state index contributed by atoms with van der Waals surface area (Å²) in [7, 11) is 1.59. The standard InChI is InChI=1S/C20H19NO5/c1-10(2)14-7-12-11-5-4-6-17(25-3)19(11)26-18(12)15-8-16(22)13(20(23)24)9-21(14)15/h4-6,8-10,14H,7H2,1-3H3,(H,23,24)/t14-/m0/s1. The van der Waals surface area contributed by atoms with Crippen molar-refractivity contribution < 1.29 is 19.1 Å². The van der Waals surface area contributed by atoms with Crippen LogP contribution in [-0.4, -0.2) is 22.8 Å². The molecule has 1 atom stereocenters. The van der Waals surface area contributed by atoms with Crippen LogP contribution in [0.4, 0.5) is 0 Å². The first-order chi connectivity index (χ1) is 12.4. The molecule has 26 heavy (non-hydrogen) atoms. The van der Waals surface area contributed by atoms with Crippen LogP contribution in [0.3, 0.4) is 0 Å². The number of fused-ring (bicyclic) bond motifs is 5. The summed E-state index contributed by atoms with van der Waals surface area (Å²) in [5.74, 6) is 0.274. The van der Waals surface area contributed by atoms with Crippen molar-refractivity contribution in [3.05, 3.63) is 51.8 Å². The van der Waals surface area contributed by atoms with Crippen LogP contribution in [0, 0.1) is 5.92 Å². The molecule has 134 valence electrons. The number of pyridine rings is 1. The molecule has 1 aliphatic rings. The number of carbonyl (C=O) groups is 1. The van der Waals surface area contributed by atoms with Crippen LogP contribution in [-0.2, 0) is 6.42 Å². The van der Waals surface area contributed by atoms with E-state index in [4.69, 9.17) is 9.15 Å². The van der Waals surface area contributed by atoms with Gasteiger partial charge in [0.05, 0.1) is 12.8 Å². The first-order valence-electron chi connectivity index (χ1n) is 8.50. The van der Waals surface area contributed by atoms with E-state index in [2.05, 4.69) is 13.8 Å². The minimum atomic E-state index is -1.22. The van der Waals surface area contributed by atoms with Gasteiger partial charge in [-0.05, 0) is 18.4 Å². The number of carboxylic acids is 1. The number of hydrogen-bond donors (Lipinski definition) is 1. The number of carboxylic acid groups (broad SMARTS) is 1. The highest BCUT2D eigenvalue weighted by Gasteiger charge is 2.32. The second kappa shape index (κ2) is 5.76. The lowest BCUT2D eigenvalue weighted by Crippen LogP contribution is -2.27. The maximum Gasteiger partial charge on any atom is 0.341 e. The van der Waals surface area contributed by atoms with Crippen molar-refractivity contribution in [2.45, 2.75) is 26.3 Å². The second-order valence-corrected chi connectivity index (χ2v) is 6.91. The van der Waals surface area contributed by atoms with Crippen LogP contribution in [0.15, 0.2) is 39.7 Å². The Labute approximate surface area is 149 Å². The Balaban J connectivity index is 2.06. The molecule has 1 aliphatic heterocycles. The lowest BCUT2D eigenvalue weighted by Gasteiger charge is -2.31. The first kappa shape index (κ1) is 16.4. The predicted octanol–water partition coefficient (Wildman–Crippen LogP) is 3.72. The van der Waals surface area contributed by atoms with Crippen molar-refractivity contribution in [3.8, 4) is 17.2 Å². The van der Waals surface area contributed by atoms with Gasteiger partial charge in [-0.3, -0.25) is 4.79 Å². The van der Waals surface area contributed by atoms with E-state index >= 15 is 0 Å². The fourth-order valence-corrected chi connectivity index (χ4v) is 3.75. The zero-order valence-corrected chi connectivity index (χ0v) is 14.8. The van der Waals surface area contributed by atoms with Crippen molar-refractivity contribution in [3.63, 3.8) is 0 Å². The number of methoxy groups -OCH3 is 1. The predicted molar refractivity (Wildman–Crippen MR) is 97.0 cm³/mol. The Morgan fingerprint density at radius 1 is 1.38 bits per heavy atom. The van der Waals surface area contributed by atoms with Crippen LogP contribution >= 0.6 is 0 Å². The Morgan fingerprint density at radius 3 is 2.81 bits per heavy atom. The molecular weight excluding hydrogens is 334 g/mol. The third kappa shape index (κ3) is 2.25. The van der Waals surface area contributed by atoms with Gasteiger partial charge in [-0.1, -0.05) is 26.0 Å². The molecule has 1 aromatic carbocycles. The SMILES string of the molecule is COc1cccc2c3c(oc12)-c1cc(=O)c(C(=O)O)cn1[C@H](C(C)C)C3. The Bertz CT molecular complexity index is 1090. The Kier molecular flexibility index (Phi) is 3.64. The molecule has 6 nitrogen and oxygen atoms in total. The van der Waals surface area contributed by atoms with Crippen molar-refractivity contribution in [1.29, 1.82) is 0 Å². The summed E-state index contributed by atoms with van der Waals surface area (Å²) >= 11 is 0. The van der Waals surface area contributed by atoms with Gasteiger partial charge in [0.15, 0.2) is 22.5 Å². The number of aromatic carboxylic acids is 1. The van der Waals surface area contributed by atoms with Gasteiger partial charge in [0.2, 0.25) is 0 Å². The molecule has 0 fully saturated rings. The third-order valence-corrected chi connectivity index (χ3v) is 5.08. The normalized spacial score (nSPS) is 15.8. The minimum Gasteiger partial charge on any atom is -0.493 e. The molecule has 0 spiro atoms. The number of benzene rings is 1. The van der Waals surface area contributed by atoms with E-state index < -0.39 is 11.4 Å². The molecule has 3 aromatic rings. The third-order valence-electron chi connectivity index (χ3n) is 5.08. The molecule has 2 aromatic heterocycles. The molecule has 0 radical (unpaired) electrons. The van der Waals surface area contributed by atoms with Gasteiger partial charge in [-0.15, -0.1) is 0 Å². The van der Waals surface area contributed by atoms with Crippen molar-refractivity contribution in [2.24, 2.45) is 5.92 Å². The topological polar surface area (TPSA) is 81.7 Å². The Morgan fingerprint density at radius 2 is 2.15 bits per heavy atom. The molecule has 4 rings (SSSR count). The molecule has 1 N–H and O–H groups in total. The lowest BCUT2D eigenvalue weighted by molar-refractivity contribution is 0.0694. The van der Waals surface area contributed by atoms with Gasteiger partial charge in [-0.25, -0.2) is 4.79 Å². The quantitative estimate of drug-likeness (QED) is 0.776. The zero-order valence-electron chi connectivity index (χ0n) is 14.8. The number of nitrogens with zero attached hydrogens (tertiary/aromatic N) is 1. The van der Waals surface area contributed by atoms with Gasteiger partial charge >= 0.3 is 5.97 Å². The van der Waals surface area contributed by atoms with E-state index in [1.807, 2.05) is 22.8 Å². The van der Waals surface area contributed by atoms with E-state index in [0.717, 1.165) is 10.9 Å². The van der Waals surface area contributed by atoms with Crippen molar-refractivity contribution in [1.82, 2.24) is 4.57 Å². The maximum atomic E-state index is 12.3. The largest absolute Gasteiger partial charge is 0.493 e. The highest BCUT2D eigenvalue weighted by Crippen LogP contribution is 2.44. The average molecular weight is 353 g/mol. The highest BCUT2D eigenvalue weighted by molar-refractivity contribution is 5.92. The summed E-state index contributed by atoms with van der Waals surface area (Å²) in [5, 5.41) is 10.3. The lowest BCUT2D eigenvalue weighted by atomic mass is 9.89. The zero-order chi connectivity index (χ0) is 18.6. The summed E-state index contributed by atoms with van der Waals surface area (Å²) in [6, 6.07) is 7.13. The molecule has 3 heterocycles. The van der Waals surface area contributed by atoms with E-state index in [1.165, 1.54) is 12.3 Å². The summed E-state index contributed by atoms with van der Waals surface area (Å²) < 4.78 is 13.4. The van der Waals surface area contributed by atoms with Crippen LogP contribution in [0.2, 0.25) is 0 Å². The van der Waals surface area contributed by atoms with Crippen LogP contribution < -0.4 is 10.2 Å². The summed E-state index contributed by atoms with van der Waals surface area (Å²) in [4.78, 5) is 23.7. The number of hydrogen-bond acceptors (Lipinski definition) is 4. The van der Waals surface area contributed by atoms with Crippen LogP contribution in [0.1, 0.15) is 35.8 Å². The number of aromatic nitrogens is 1. The van der Waals surface area contributed by atoms with E-state index in [9.17, 15) is 14.7 Å². The smallest absolute Gasteiger partial charge is 0.341 e. The van der Waals surface area contributed by atoms with Gasteiger partial charge < -0.3 is 18.8 Å². The number of ether oxygens (including phenoxy) is 1. The highest BCUT2D eigenvalue weighted by atomic mass is 16.5. The van der Waals surface area contributed by atoms with Crippen molar-refractivity contribution >= 4 is 16.9 Å². The maximum absolute atomic E-state index is 12.3. The molecular formula is C20H19NO5. The van der Waals surface area contributed by atoms with E-state index in [-0.39, 0.29) is 17.5 Å². The Hall–Kier alpha value is -3.02. The van der Waals surface area contributed by atoms with E-state index in [0.29, 0.717) is 29.2 Å². The molecule has 0 amide bonds. The first-order valence-corrected chi connectivity index (χ1v) is 8.50. The minimum absolute atomic E-state index is 0.0307. The molecule has 6 heteroatoms. The second-order valence-electron chi connectivity index (χ2n) is 6.91. The molecule has 0 bridgehead atoms. The number of furan rings is 1. The fraction of sp³-hybridized carbons (Fsp3) is 0.300. The van der Waals surface area contributed by atoms with Gasteiger partial charge in [0, 0.05) is 29.3 Å². The molecule has 0 unspecified atom stereocenters. The number of para-hydroxylation sites is 1. The summed E-state index contributed by atoms with van der Waals surface area (Å²) in [5.41, 5.74) is 1.53. The molecule has 0 aliphatic carbocycles. The van der Waals surface area contributed by atoms with E-state index in [1.54, 1.807) is 7.11 Å². The number of rotatable bonds is 3. The van der Waals surface area contributed by atoms with Crippen LogP contribution in [0.5, 0.6) is 5.75 Å². The van der Waals surface area contributed by atoms with Gasteiger partial charge in [0.1, 0.15) is 5.56 Å². The van der Waals surface area contributed by atoms with Gasteiger partial charge in [0.25, 0.3) is 0 Å². The molecule has 0 saturated heterocycles. The van der Waals surface area contributed by atoms with Crippen LogP contribution in [0.25, 0.3) is 22.4 Å². The summed E-state index contributed by atoms with van der Waals surface area (Å²) in [6.45, 7) is 4.17. The fourth-order valence-electron chi connectivity index (χ4n) is 3.75. The average Bonchev–Trinajstić information content (AvgIpc) is 2.99. The summed E-state index contributed by atoms with van der Waals surface area (Å²) in [6.07, 6.45) is 2.14. The van der Waals surface area contributed by atoms with Crippen molar-refractivity contribution in [2.75, 3.05) is 7.11 Å². The molecule has 0 saturated carbocycles.